The van der Waals surface area contributed by atoms with Crippen LogP contribution in [-0.4, -0.2) is 33.6 Å². The van der Waals surface area contributed by atoms with Crippen molar-refractivity contribution in [3.63, 3.8) is 0 Å². The molecule has 0 spiro atoms. The van der Waals surface area contributed by atoms with Gasteiger partial charge in [-0.1, -0.05) is 49.1 Å². The van der Waals surface area contributed by atoms with Crippen LogP contribution in [-0.2, 0) is 19.6 Å². The van der Waals surface area contributed by atoms with Gasteiger partial charge in [-0.3, -0.25) is 4.79 Å². The molecular weight excluding hydrogens is 380 g/mol. The molecule has 0 aliphatic rings. The molecule has 1 aromatic carbocycles. The Kier molecular flexibility index (Phi) is 10.9. The number of esters is 1. The molecule has 7 nitrogen and oxygen atoms in total. The largest absolute Gasteiger partial charge is 0.466 e. The van der Waals surface area contributed by atoms with Crippen LogP contribution < -0.4 is 10.0 Å². The van der Waals surface area contributed by atoms with Crippen molar-refractivity contribution in [3.8, 4) is 0 Å². The van der Waals surface area contributed by atoms with Gasteiger partial charge < -0.3 is 10.1 Å². The summed E-state index contributed by atoms with van der Waals surface area (Å²) in [6.07, 6.45) is 6.16. The molecule has 1 aromatic rings. The van der Waals surface area contributed by atoms with Gasteiger partial charge in [0.2, 0.25) is 0 Å². The number of aryl methyl sites for hydroxylation is 1. The predicted molar refractivity (Wildman–Crippen MR) is 110 cm³/mol. The second-order valence-corrected chi connectivity index (χ2v) is 8.01. The van der Waals surface area contributed by atoms with E-state index in [1.807, 2.05) is 29.8 Å². The molecule has 2 amide bonds. The summed E-state index contributed by atoms with van der Waals surface area (Å²) in [5, 5.41) is 3.51. The van der Waals surface area contributed by atoms with E-state index in [0.29, 0.717) is 19.6 Å². The molecule has 1 rings (SSSR count). The van der Waals surface area contributed by atoms with E-state index in [4.69, 9.17) is 4.74 Å². The molecule has 0 unspecified atom stereocenters. The Morgan fingerprint density at radius 1 is 1.11 bits per heavy atom. The van der Waals surface area contributed by atoms with Crippen LogP contribution in [0.15, 0.2) is 29.7 Å². The van der Waals surface area contributed by atoms with Crippen molar-refractivity contribution in [3.05, 3.63) is 40.8 Å². The third kappa shape index (κ3) is 11.4. The first kappa shape index (κ1) is 23.7. The number of amides is 2. The topological polar surface area (TPSA) is 102 Å². The van der Waals surface area contributed by atoms with Gasteiger partial charge in [-0.15, -0.1) is 0 Å². The first-order chi connectivity index (χ1) is 13.3. The highest BCUT2D eigenvalue weighted by molar-refractivity contribution is 7.93. The molecule has 0 saturated carbocycles. The van der Waals surface area contributed by atoms with Gasteiger partial charge in [-0.2, -0.15) is 0 Å². The number of nitrogens with one attached hydrogen (secondary N) is 2. The smallest absolute Gasteiger partial charge is 0.328 e. The van der Waals surface area contributed by atoms with E-state index < -0.39 is 16.1 Å². The maximum absolute atomic E-state index is 11.9. The van der Waals surface area contributed by atoms with Crippen molar-refractivity contribution < 1.29 is 22.7 Å². The molecule has 0 atom stereocenters. The van der Waals surface area contributed by atoms with E-state index >= 15 is 0 Å². The lowest BCUT2D eigenvalue weighted by Gasteiger charge is -2.06. The van der Waals surface area contributed by atoms with Crippen LogP contribution in [0.1, 0.15) is 56.6 Å². The monoisotopic (exact) mass is 410 g/mol. The lowest BCUT2D eigenvalue weighted by Crippen LogP contribution is -2.38. The zero-order valence-corrected chi connectivity index (χ0v) is 17.4. The van der Waals surface area contributed by atoms with Gasteiger partial charge in [0.25, 0.3) is 10.0 Å². The van der Waals surface area contributed by atoms with Crippen LogP contribution in [0.3, 0.4) is 0 Å². The van der Waals surface area contributed by atoms with Gasteiger partial charge in [0.15, 0.2) is 0 Å². The normalized spacial score (nSPS) is 11.4. The van der Waals surface area contributed by atoms with Crippen LogP contribution >= 0.6 is 0 Å². The van der Waals surface area contributed by atoms with Crippen molar-refractivity contribution >= 4 is 28.1 Å². The van der Waals surface area contributed by atoms with Crippen LogP contribution in [0.25, 0.3) is 6.08 Å². The number of ether oxygens (including phenoxy) is 1. The van der Waals surface area contributed by atoms with E-state index in [1.165, 1.54) is 6.08 Å². The Hall–Kier alpha value is -2.35. The minimum Gasteiger partial charge on any atom is -0.466 e. The number of unbranched alkanes of at least 4 members (excludes halogenated alkanes) is 4. The maximum Gasteiger partial charge on any atom is 0.328 e. The summed E-state index contributed by atoms with van der Waals surface area (Å²) >= 11 is 0. The lowest BCUT2D eigenvalue weighted by molar-refractivity contribution is -0.143. The highest BCUT2D eigenvalue weighted by atomic mass is 32.2. The number of hydrogen-bond donors (Lipinski definition) is 2. The fourth-order valence-electron chi connectivity index (χ4n) is 2.50. The van der Waals surface area contributed by atoms with Gasteiger partial charge >= 0.3 is 12.0 Å². The quantitative estimate of drug-likeness (QED) is 0.406. The van der Waals surface area contributed by atoms with Crippen molar-refractivity contribution in [1.82, 2.24) is 10.0 Å². The van der Waals surface area contributed by atoms with Crippen LogP contribution in [0.5, 0.6) is 0 Å². The van der Waals surface area contributed by atoms with Crippen LogP contribution in [0.2, 0.25) is 0 Å². The molecule has 0 aliphatic carbocycles. The molecule has 0 saturated heterocycles. The maximum atomic E-state index is 11.9. The number of benzene rings is 1. The number of rotatable bonds is 12. The first-order valence-corrected chi connectivity index (χ1v) is 11.1. The number of sulfonamides is 1. The van der Waals surface area contributed by atoms with Gasteiger partial charge in [0.05, 0.1) is 12.0 Å². The Bertz CT molecular complexity index is 760. The Labute approximate surface area is 167 Å². The molecule has 0 fully saturated rings. The Morgan fingerprint density at radius 3 is 2.54 bits per heavy atom. The standard InChI is InChI=1S/C20H30N2O5S/c1-3-27-19(23)12-7-5-4-6-8-14-21-20(24)22-28(25,26)15-13-18-11-9-10-17(2)16-18/h9-11,13,15-16H,3-8,12,14H2,1-2H3,(H2,21,22,24). The SMILES string of the molecule is CCOC(=O)CCCCCCCNC(=O)NS(=O)(=O)C=Cc1cccc(C)c1. The fraction of sp³-hybridized carbons (Fsp3) is 0.500. The van der Waals surface area contributed by atoms with E-state index in [0.717, 1.165) is 48.6 Å². The zero-order chi connectivity index (χ0) is 20.8. The molecule has 0 bridgehead atoms. The number of carbonyl (C=O) groups excluding carboxylic acids is 2. The van der Waals surface area contributed by atoms with Gasteiger partial charge in [0.1, 0.15) is 0 Å². The summed E-state index contributed by atoms with van der Waals surface area (Å²) in [6.45, 7) is 4.50. The second kappa shape index (κ2) is 12.9. The molecule has 156 valence electrons. The van der Waals surface area contributed by atoms with Crippen molar-refractivity contribution in [2.24, 2.45) is 0 Å². The predicted octanol–water partition coefficient (Wildman–Crippen LogP) is 3.50. The highest BCUT2D eigenvalue weighted by Crippen LogP contribution is 2.07. The van der Waals surface area contributed by atoms with Crippen molar-refractivity contribution in [2.75, 3.05) is 13.2 Å². The summed E-state index contributed by atoms with van der Waals surface area (Å²) in [5.41, 5.74) is 1.76. The van der Waals surface area contributed by atoms with E-state index in [9.17, 15) is 18.0 Å². The molecule has 8 heteroatoms. The third-order valence-electron chi connectivity index (χ3n) is 3.87. The van der Waals surface area contributed by atoms with E-state index in [1.54, 1.807) is 13.0 Å². The Morgan fingerprint density at radius 2 is 1.82 bits per heavy atom. The van der Waals surface area contributed by atoms with Crippen molar-refractivity contribution in [1.29, 1.82) is 0 Å². The second-order valence-electron chi connectivity index (χ2n) is 6.44. The molecule has 0 radical (unpaired) electrons. The summed E-state index contributed by atoms with van der Waals surface area (Å²) in [5.74, 6) is -0.168. The molecule has 0 aliphatic heterocycles. The highest BCUT2D eigenvalue weighted by Gasteiger charge is 2.10. The molecule has 28 heavy (non-hydrogen) atoms. The molecule has 2 N–H and O–H groups in total. The fourth-order valence-corrected chi connectivity index (χ4v) is 3.24. The number of urea groups is 1. The first-order valence-electron chi connectivity index (χ1n) is 9.53. The number of carbonyl (C=O) groups is 2. The average molecular weight is 411 g/mol. The van der Waals surface area contributed by atoms with Gasteiger partial charge in [-0.05, 0) is 38.3 Å². The molecular formula is C20H30N2O5S. The Balaban J connectivity index is 2.17. The summed E-state index contributed by atoms with van der Waals surface area (Å²) in [7, 11) is -3.85. The van der Waals surface area contributed by atoms with E-state index in [-0.39, 0.29) is 5.97 Å². The van der Waals surface area contributed by atoms with Crippen LogP contribution in [0.4, 0.5) is 4.79 Å². The van der Waals surface area contributed by atoms with E-state index in [2.05, 4.69) is 5.32 Å². The van der Waals surface area contributed by atoms with Crippen LogP contribution in [0, 0.1) is 6.92 Å². The van der Waals surface area contributed by atoms with Gasteiger partial charge in [-0.25, -0.2) is 17.9 Å². The minimum atomic E-state index is -3.85. The summed E-state index contributed by atoms with van der Waals surface area (Å²) in [4.78, 5) is 22.9. The van der Waals surface area contributed by atoms with Gasteiger partial charge in [0, 0.05) is 13.0 Å². The summed E-state index contributed by atoms with van der Waals surface area (Å²) in [6, 6.07) is 6.64. The summed E-state index contributed by atoms with van der Waals surface area (Å²) < 4.78 is 30.6. The van der Waals surface area contributed by atoms with Crippen molar-refractivity contribution in [2.45, 2.75) is 52.4 Å². The lowest BCUT2D eigenvalue weighted by atomic mass is 10.1. The third-order valence-corrected chi connectivity index (χ3v) is 4.83. The average Bonchev–Trinajstić information content (AvgIpc) is 2.62. The number of hydrogen-bond acceptors (Lipinski definition) is 5. The molecule has 0 aromatic heterocycles. The molecule has 0 heterocycles. The minimum absolute atomic E-state index is 0.168. The zero-order valence-electron chi connectivity index (χ0n) is 16.6.